The molecule has 11 heteroatoms. The third-order valence-electron chi connectivity index (χ3n) is 5.33. The minimum absolute atomic E-state index is 0.00339. The summed E-state index contributed by atoms with van der Waals surface area (Å²) in [4.78, 5) is 13.5. The molecule has 176 valence electrons. The molecule has 8 nitrogen and oxygen atoms in total. The van der Waals surface area contributed by atoms with E-state index in [2.05, 4.69) is 30.6 Å². The molecule has 3 N–H and O–H groups in total. The smallest absolute Gasteiger partial charge is 0.240 e. The second kappa shape index (κ2) is 9.17. The summed E-state index contributed by atoms with van der Waals surface area (Å²) in [5.41, 5.74) is 9.61. The number of benzene rings is 2. The van der Waals surface area contributed by atoms with Gasteiger partial charge in [-0.05, 0) is 76.1 Å². The topological polar surface area (TPSA) is 116 Å². The molecule has 5 aromatic rings. The van der Waals surface area contributed by atoms with Crippen LogP contribution in [0, 0.1) is 5.82 Å². The third-order valence-corrected chi connectivity index (χ3v) is 7.18. The molecule has 0 aliphatic heterocycles. The van der Waals surface area contributed by atoms with Gasteiger partial charge in [0, 0.05) is 29.1 Å². The minimum Gasteiger partial charge on any atom is -0.383 e. The maximum atomic E-state index is 13.1. The van der Waals surface area contributed by atoms with Crippen molar-refractivity contribution in [3.05, 3.63) is 95.0 Å². The number of fused-ring (bicyclic) bond motifs is 1. The van der Waals surface area contributed by atoms with Crippen LogP contribution >= 0.6 is 15.9 Å². The van der Waals surface area contributed by atoms with Crippen LogP contribution < -0.4 is 10.5 Å². The summed E-state index contributed by atoms with van der Waals surface area (Å²) in [6, 6.07) is 17.5. The van der Waals surface area contributed by atoms with E-state index in [0.29, 0.717) is 28.4 Å². The van der Waals surface area contributed by atoms with E-state index in [-0.39, 0.29) is 11.4 Å². The molecule has 0 aliphatic rings. The van der Waals surface area contributed by atoms with Crippen molar-refractivity contribution in [3.63, 3.8) is 0 Å². The van der Waals surface area contributed by atoms with Crippen LogP contribution in [0.1, 0.15) is 5.56 Å². The van der Waals surface area contributed by atoms with Crippen molar-refractivity contribution in [2.45, 2.75) is 11.4 Å². The van der Waals surface area contributed by atoms with Crippen LogP contribution in [-0.4, -0.2) is 27.9 Å². The van der Waals surface area contributed by atoms with Gasteiger partial charge in [-0.2, -0.15) is 0 Å². The lowest BCUT2D eigenvalue weighted by Crippen LogP contribution is -2.23. The number of nitrogens with two attached hydrogens (primary N) is 1. The highest BCUT2D eigenvalue weighted by atomic mass is 79.9. The molecule has 0 amide bonds. The van der Waals surface area contributed by atoms with E-state index in [1.165, 1.54) is 12.1 Å². The van der Waals surface area contributed by atoms with E-state index in [9.17, 15) is 12.8 Å². The van der Waals surface area contributed by atoms with Crippen molar-refractivity contribution in [2.24, 2.45) is 0 Å². The van der Waals surface area contributed by atoms with Gasteiger partial charge in [0.1, 0.15) is 17.2 Å². The van der Waals surface area contributed by atoms with E-state index in [1.54, 1.807) is 18.5 Å². The fraction of sp³-hybridized carbons (Fsp3) is 0.0417. The van der Waals surface area contributed by atoms with E-state index in [4.69, 9.17) is 10.7 Å². The SMILES string of the molecule is Nc1ncccc1-c1nc2cc(Br)cnc2n1-c1ccc(CNS(=O)(=O)c2ccc(F)cc2)cc1. The van der Waals surface area contributed by atoms with E-state index < -0.39 is 15.8 Å². The number of aromatic nitrogens is 4. The first kappa shape index (κ1) is 23.1. The molecule has 0 spiro atoms. The Kier molecular flexibility index (Phi) is 6.05. The number of nitrogen functional groups attached to an aromatic ring is 1. The van der Waals surface area contributed by atoms with Crippen molar-refractivity contribution in [1.29, 1.82) is 0 Å². The van der Waals surface area contributed by atoms with Crippen LogP contribution in [0.5, 0.6) is 0 Å². The largest absolute Gasteiger partial charge is 0.383 e. The zero-order valence-electron chi connectivity index (χ0n) is 18.1. The summed E-state index contributed by atoms with van der Waals surface area (Å²) < 4.78 is 43.3. The minimum atomic E-state index is -3.78. The summed E-state index contributed by atoms with van der Waals surface area (Å²) in [5, 5.41) is 0. The van der Waals surface area contributed by atoms with Gasteiger partial charge in [0.2, 0.25) is 10.0 Å². The molecule has 3 heterocycles. The number of hydrogen-bond acceptors (Lipinski definition) is 6. The molecular formula is C24H18BrFN6O2S. The summed E-state index contributed by atoms with van der Waals surface area (Å²) >= 11 is 3.43. The molecule has 0 atom stereocenters. The van der Waals surface area contributed by atoms with Crippen LogP contribution in [0.4, 0.5) is 10.2 Å². The summed E-state index contributed by atoms with van der Waals surface area (Å²) in [6.45, 7) is 0.0677. The maximum absolute atomic E-state index is 13.1. The van der Waals surface area contributed by atoms with Gasteiger partial charge >= 0.3 is 0 Å². The number of halogens is 2. The molecule has 0 saturated carbocycles. The number of pyridine rings is 2. The van der Waals surface area contributed by atoms with Gasteiger partial charge in [-0.1, -0.05) is 12.1 Å². The zero-order chi connectivity index (χ0) is 24.6. The van der Waals surface area contributed by atoms with E-state index >= 15 is 0 Å². The standard InChI is InChI=1S/C24H18BrFN6O2S/c25-16-12-21-24(29-14-16)32(23(31-21)20-2-1-11-28-22(20)27)18-7-3-15(4-8-18)13-30-35(33,34)19-9-5-17(26)6-10-19/h1-12,14,30H,13H2,(H2,27,28). The molecule has 0 saturated heterocycles. The highest BCUT2D eigenvalue weighted by Gasteiger charge is 2.18. The van der Waals surface area contributed by atoms with Gasteiger partial charge < -0.3 is 5.73 Å². The Labute approximate surface area is 208 Å². The lowest BCUT2D eigenvalue weighted by Gasteiger charge is -2.11. The highest BCUT2D eigenvalue weighted by molar-refractivity contribution is 9.10. The van der Waals surface area contributed by atoms with E-state index in [0.717, 1.165) is 27.9 Å². The highest BCUT2D eigenvalue weighted by Crippen LogP contribution is 2.31. The van der Waals surface area contributed by atoms with Crippen molar-refractivity contribution in [1.82, 2.24) is 24.2 Å². The summed E-state index contributed by atoms with van der Waals surface area (Å²) in [6.07, 6.45) is 3.30. The molecule has 0 radical (unpaired) electrons. The lowest BCUT2D eigenvalue weighted by molar-refractivity contribution is 0.580. The Hall–Kier alpha value is -3.67. The summed E-state index contributed by atoms with van der Waals surface area (Å²) in [7, 11) is -3.78. The Morgan fingerprint density at radius 2 is 1.77 bits per heavy atom. The maximum Gasteiger partial charge on any atom is 0.240 e. The first-order valence-corrected chi connectivity index (χ1v) is 12.7. The molecule has 0 bridgehead atoms. The average Bonchev–Trinajstić information content (AvgIpc) is 3.22. The number of anilines is 1. The Morgan fingerprint density at radius 3 is 2.49 bits per heavy atom. The predicted molar refractivity (Wildman–Crippen MR) is 135 cm³/mol. The molecule has 5 rings (SSSR count). The fourth-order valence-electron chi connectivity index (χ4n) is 3.61. The Morgan fingerprint density at radius 1 is 1.03 bits per heavy atom. The fourth-order valence-corrected chi connectivity index (χ4v) is 4.95. The molecule has 0 fully saturated rings. The number of nitrogens with one attached hydrogen (secondary N) is 1. The first-order valence-electron chi connectivity index (χ1n) is 10.4. The van der Waals surface area contributed by atoms with E-state index in [1.807, 2.05) is 41.0 Å². The monoisotopic (exact) mass is 552 g/mol. The Bertz CT molecular complexity index is 1640. The molecule has 35 heavy (non-hydrogen) atoms. The van der Waals surface area contributed by atoms with Gasteiger partial charge in [0.15, 0.2) is 11.5 Å². The van der Waals surface area contributed by atoms with Crippen molar-refractivity contribution < 1.29 is 12.8 Å². The van der Waals surface area contributed by atoms with Gasteiger partial charge in [-0.3, -0.25) is 4.57 Å². The first-order chi connectivity index (χ1) is 16.8. The van der Waals surface area contributed by atoms with Gasteiger partial charge in [-0.25, -0.2) is 32.5 Å². The zero-order valence-corrected chi connectivity index (χ0v) is 20.5. The molecule has 3 aromatic heterocycles. The van der Waals surface area contributed by atoms with Crippen LogP contribution in [0.25, 0.3) is 28.2 Å². The normalized spacial score (nSPS) is 11.7. The van der Waals surface area contributed by atoms with Crippen molar-refractivity contribution in [2.75, 3.05) is 5.73 Å². The second-order valence-electron chi connectivity index (χ2n) is 7.65. The number of imidazole rings is 1. The quantitative estimate of drug-likeness (QED) is 0.321. The van der Waals surface area contributed by atoms with Crippen LogP contribution in [0.15, 0.2) is 88.5 Å². The van der Waals surface area contributed by atoms with Gasteiger partial charge in [0.25, 0.3) is 0 Å². The number of sulfonamides is 1. The summed E-state index contributed by atoms with van der Waals surface area (Å²) in [5.74, 6) is 0.428. The molecular weight excluding hydrogens is 535 g/mol. The predicted octanol–water partition coefficient (Wildman–Crippen LogP) is 4.44. The van der Waals surface area contributed by atoms with Crippen LogP contribution in [-0.2, 0) is 16.6 Å². The molecule has 2 aromatic carbocycles. The number of hydrogen-bond donors (Lipinski definition) is 2. The molecule has 0 unspecified atom stereocenters. The lowest BCUT2D eigenvalue weighted by atomic mass is 10.2. The van der Waals surface area contributed by atoms with Gasteiger partial charge in [-0.15, -0.1) is 0 Å². The third kappa shape index (κ3) is 4.65. The Balaban J connectivity index is 1.48. The van der Waals surface area contributed by atoms with Gasteiger partial charge in [0.05, 0.1) is 10.5 Å². The van der Waals surface area contributed by atoms with Crippen molar-refractivity contribution >= 4 is 42.9 Å². The average molecular weight is 553 g/mol. The second-order valence-corrected chi connectivity index (χ2v) is 10.3. The van der Waals surface area contributed by atoms with Crippen LogP contribution in [0.3, 0.4) is 0 Å². The molecule has 0 aliphatic carbocycles. The number of nitrogens with zero attached hydrogens (tertiary/aromatic N) is 4. The van der Waals surface area contributed by atoms with Crippen LogP contribution in [0.2, 0.25) is 0 Å². The number of rotatable bonds is 6. The van der Waals surface area contributed by atoms with Crippen molar-refractivity contribution in [3.8, 4) is 17.1 Å².